The summed E-state index contributed by atoms with van der Waals surface area (Å²) in [6.07, 6.45) is 0.170. The summed E-state index contributed by atoms with van der Waals surface area (Å²) in [6, 6.07) is 21.1. The molecule has 2 N–H and O–H groups in total. The van der Waals surface area contributed by atoms with Crippen molar-refractivity contribution in [3.8, 4) is 0 Å². The van der Waals surface area contributed by atoms with E-state index >= 15 is 0 Å². The van der Waals surface area contributed by atoms with E-state index in [0.717, 1.165) is 21.9 Å². The molecule has 0 saturated carbocycles. The Bertz CT molecular complexity index is 856. The van der Waals surface area contributed by atoms with Crippen LogP contribution in [0.3, 0.4) is 0 Å². The average molecular weight is 354 g/mol. The van der Waals surface area contributed by atoms with E-state index in [-0.39, 0.29) is 5.91 Å². The molecule has 1 amide bonds. The fourth-order valence-corrected chi connectivity index (χ4v) is 3.02. The molecular formula is C21H20ClNO2. The lowest BCUT2D eigenvalue weighted by Gasteiger charge is -2.14. The van der Waals surface area contributed by atoms with Crippen LogP contribution in [0.5, 0.6) is 0 Å². The standard InChI is InChI=1S/C21H20ClNO2/c22-17-10-8-15(9-11-17)14-21(25)23-13-12-20(24)19-7-3-5-16-4-1-2-6-18(16)19/h1-11,20,24H,12-14H2,(H,23,25). The molecule has 0 aromatic heterocycles. The van der Waals surface area contributed by atoms with E-state index in [9.17, 15) is 9.90 Å². The number of carbonyl (C=O) groups is 1. The Kier molecular flexibility index (Phi) is 5.69. The summed E-state index contributed by atoms with van der Waals surface area (Å²) in [7, 11) is 0. The van der Waals surface area contributed by atoms with Gasteiger partial charge in [-0.25, -0.2) is 0 Å². The quantitative estimate of drug-likeness (QED) is 0.695. The maximum atomic E-state index is 12.0. The summed E-state index contributed by atoms with van der Waals surface area (Å²) in [5.74, 6) is -0.0626. The van der Waals surface area contributed by atoms with Gasteiger partial charge in [0.05, 0.1) is 12.5 Å². The maximum Gasteiger partial charge on any atom is 0.224 e. The predicted octanol–water partition coefficient (Wildman–Crippen LogP) is 4.28. The summed E-state index contributed by atoms with van der Waals surface area (Å²) in [5, 5.41) is 16.2. The van der Waals surface area contributed by atoms with Gasteiger partial charge in [-0.3, -0.25) is 4.79 Å². The minimum atomic E-state index is -0.609. The van der Waals surface area contributed by atoms with Gasteiger partial charge in [-0.15, -0.1) is 0 Å². The Hall–Kier alpha value is -2.36. The fourth-order valence-electron chi connectivity index (χ4n) is 2.89. The highest BCUT2D eigenvalue weighted by atomic mass is 35.5. The summed E-state index contributed by atoms with van der Waals surface area (Å²) in [6.45, 7) is 0.427. The number of hydrogen-bond donors (Lipinski definition) is 2. The van der Waals surface area contributed by atoms with Crippen molar-refractivity contribution in [3.63, 3.8) is 0 Å². The van der Waals surface area contributed by atoms with E-state index in [1.54, 1.807) is 12.1 Å². The molecule has 0 heterocycles. The molecule has 4 heteroatoms. The molecule has 0 fully saturated rings. The van der Waals surface area contributed by atoms with E-state index in [0.29, 0.717) is 24.4 Å². The average Bonchev–Trinajstić information content (AvgIpc) is 2.63. The number of amides is 1. The highest BCUT2D eigenvalue weighted by Gasteiger charge is 2.11. The minimum absolute atomic E-state index is 0.0626. The minimum Gasteiger partial charge on any atom is -0.388 e. The predicted molar refractivity (Wildman–Crippen MR) is 102 cm³/mol. The highest BCUT2D eigenvalue weighted by molar-refractivity contribution is 6.30. The van der Waals surface area contributed by atoms with Crippen molar-refractivity contribution in [2.75, 3.05) is 6.54 Å². The van der Waals surface area contributed by atoms with Crippen LogP contribution in [0, 0.1) is 0 Å². The monoisotopic (exact) mass is 353 g/mol. The molecule has 0 bridgehead atoms. The fraction of sp³-hybridized carbons (Fsp3) is 0.190. The van der Waals surface area contributed by atoms with Crippen molar-refractivity contribution in [1.29, 1.82) is 0 Å². The lowest BCUT2D eigenvalue weighted by molar-refractivity contribution is -0.120. The molecule has 3 aromatic carbocycles. The Morgan fingerprint density at radius 2 is 1.72 bits per heavy atom. The number of benzene rings is 3. The van der Waals surface area contributed by atoms with Gasteiger partial charge in [-0.1, -0.05) is 66.2 Å². The lowest BCUT2D eigenvalue weighted by Crippen LogP contribution is -2.27. The Labute approximate surface area is 152 Å². The zero-order valence-electron chi connectivity index (χ0n) is 13.8. The second kappa shape index (κ2) is 8.15. The van der Waals surface area contributed by atoms with Crippen LogP contribution in [0.4, 0.5) is 0 Å². The van der Waals surface area contributed by atoms with Gasteiger partial charge >= 0.3 is 0 Å². The van der Waals surface area contributed by atoms with E-state index < -0.39 is 6.10 Å². The Balaban J connectivity index is 1.54. The molecule has 128 valence electrons. The SMILES string of the molecule is O=C(Cc1ccc(Cl)cc1)NCCC(O)c1cccc2ccccc12. The number of hydrogen-bond acceptors (Lipinski definition) is 2. The molecule has 0 spiro atoms. The zero-order chi connectivity index (χ0) is 17.6. The number of nitrogens with one attached hydrogen (secondary N) is 1. The molecule has 0 aliphatic heterocycles. The number of aliphatic hydroxyl groups excluding tert-OH is 1. The molecular weight excluding hydrogens is 334 g/mol. The largest absolute Gasteiger partial charge is 0.388 e. The lowest BCUT2D eigenvalue weighted by atomic mass is 9.99. The van der Waals surface area contributed by atoms with Crippen LogP contribution in [0.1, 0.15) is 23.7 Å². The van der Waals surface area contributed by atoms with Gasteiger partial charge in [0.2, 0.25) is 5.91 Å². The second-order valence-corrected chi connectivity index (χ2v) is 6.46. The molecule has 3 rings (SSSR count). The van der Waals surface area contributed by atoms with Crippen molar-refractivity contribution >= 4 is 28.3 Å². The van der Waals surface area contributed by atoms with Gasteiger partial charge in [0.1, 0.15) is 0 Å². The maximum absolute atomic E-state index is 12.0. The van der Waals surface area contributed by atoms with Crippen molar-refractivity contribution in [2.45, 2.75) is 18.9 Å². The van der Waals surface area contributed by atoms with Crippen LogP contribution >= 0.6 is 11.6 Å². The third kappa shape index (κ3) is 4.59. The normalized spacial score (nSPS) is 12.1. The molecule has 1 unspecified atom stereocenters. The van der Waals surface area contributed by atoms with Crippen LogP contribution in [-0.4, -0.2) is 17.6 Å². The molecule has 25 heavy (non-hydrogen) atoms. The van der Waals surface area contributed by atoms with E-state index in [1.165, 1.54) is 0 Å². The number of halogens is 1. The van der Waals surface area contributed by atoms with Crippen LogP contribution in [0.15, 0.2) is 66.7 Å². The van der Waals surface area contributed by atoms with Gasteiger partial charge in [0.25, 0.3) is 0 Å². The van der Waals surface area contributed by atoms with E-state index in [4.69, 9.17) is 11.6 Å². The van der Waals surface area contributed by atoms with Crippen LogP contribution in [0.25, 0.3) is 10.8 Å². The molecule has 0 saturated heterocycles. The summed E-state index contributed by atoms with van der Waals surface area (Å²) < 4.78 is 0. The van der Waals surface area contributed by atoms with Gasteiger partial charge < -0.3 is 10.4 Å². The number of fused-ring (bicyclic) bond motifs is 1. The number of rotatable bonds is 6. The first-order valence-corrected chi connectivity index (χ1v) is 8.68. The van der Waals surface area contributed by atoms with Crippen LogP contribution in [-0.2, 0) is 11.2 Å². The van der Waals surface area contributed by atoms with Crippen molar-refractivity contribution < 1.29 is 9.90 Å². The zero-order valence-corrected chi connectivity index (χ0v) is 14.5. The van der Waals surface area contributed by atoms with Crippen molar-refractivity contribution in [3.05, 3.63) is 82.9 Å². The van der Waals surface area contributed by atoms with Crippen LogP contribution in [0.2, 0.25) is 5.02 Å². The smallest absolute Gasteiger partial charge is 0.224 e. The molecule has 0 aliphatic carbocycles. The second-order valence-electron chi connectivity index (χ2n) is 6.03. The first-order valence-electron chi connectivity index (χ1n) is 8.30. The Morgan fingerprint density at radius 3 is 2.52 bits per heavy atom. The number of aliphatic hydroxyl groups is 1. The third-order valence-electron chi connectivity index (χ3n) is 4.20. The van der Waals surface area contributed by atoms with Crippen LogP contribution < -0.4 is 5.32 Å². The van der Waals surface area contributed by atoms with Gasteiger partial charge in [0, 0.05) is 11.6 Å². The van der Waals surface area contributed by atoms with Gasteiger partial charge in [-0.05, 0) is 40.5 Å². The third-order valence-corrected chi connectivity index (χ3v) is 4.45. The number of carbonyl (C=O) groups excluding carboxylic acids is 1. The first-order chi connectivity index (χ1) is 12.1. The van der Waals surface area contributed by atoms with E-state index in [1.807, 2.05) is 54.6 Å². The molecule has 3 nitrogen and oxygen atoms in total. The van der Waals surface area contributed by atoms with Gasteiger partial charge in [0.15, 0.2) is 0 Å². The topological polar surface area (TPSA) is 49.3 Å². The first kappa shape index (κ1) is 17.5. The highest BCUT2D eigenvalue weighted by Crippen LogP contribution is 2.25. The van der Waals surface area contributed by atoms with Gasteiger partial charge in [-0.2, -0.15) is 0 Å². The molecule has 0 radical (unpaired) electrons. The van der Waals surface area contributed by atoms with E-state index in [2.05, 4.69) is 5.32 Å². The van der Waals surface area contributed by atoms with Crippen molar-refractivity contribution in [2.24, 2.45) is 0 Å². The Morgan fingerprint density at radius 1 is 1.00 bits per heavy atom. The van der Waals surface area contributed by atoms with Crippen molar-refractivity contribution in [1.82, 2.24) is 5.32 Å². The molecule has 0 aliphatic rings. The summed E-state index contributed by atoms with van der Waals surface area (Å²) in [5.41, 5.74) is 1.81. The molecule has 1 atom stereocenters. The molecule has 3 aromatic rings. The summed E-state index contributed by atoms with van der Waals surface area (Å²) >= 11 is 5.84. The summed E-state index contributed by atoms with van der Waals surface area (Å²) in [4.78, 5) is 12.0.